The van der Waals surface area contributed by atoms with Crippen LogP contribution in [-0.2, 0) is 21.1 Å². The summed E-state index contributed by atoms with van der Waals surface area (Å²) in [4.78, 5) is 50.5. The van der Waals surface area contributed by atoms with E-state index in [0.717, 1.165) is 0 Å². The minimum absolute atomic E-state index is 0.161. The Hall–Kier alpha value is -10.1. The Bertz CT molecular complexity index is 3480. The lowest BCUT2D eigenvalue weighted by atomic mass is 9.87. The Morgan fingerprint density at radius 2 is 0.738 bits per heavy atom. The molecular formula is C51H51F6N21O6. The Labute approximate surface area is 471 Å². The lowest BCUT2D eigenvalue weighted by Crippen LogP contribution is -2.40. The molecule has 9 aromatic heterocycles. The van der Waals surface area contributed by atoms with Gasteiger partial charge in [-0.2, -0.15) is 0 Å². The molecule has 12 rings (SSSR count). The van der Waals surface area contributed by atoms with Gasteiger partial charge in [0.25, 0.3) is 35.5 Å². The van der Waals surface area contributed by atoms with Crippen molar-refractivity contribution in [1.29, 1.82) is 0 Å². The number of halogens is 6. The maximum atomic E-state index is 13.8. The molecule has 3 N–H and O–H groups in total. The van der Waals surface area contributed by atoms with Crippen LogP contribution in [0, 0.1) is 0 Å². The number of carbonyl (C=O) groups excluding carboxylic acids is 3. The molecule has 438 valence electrons. The number of alkyl halides is 6. The van der Waals surface area contributed by atoms with E-state index in [-0.39, 0.29) is 88.5 Å². The normalized spacial score (nSPS) is 17.8. The number of hydrogen-bond donors (Lipinski definition) is 3. The molecule has 1 unspecified atom stereocenters. The zero-order chi connectivity index (χ0) is 59.7. The first kappa shape index (κ1) is 57.1. The second-order valence-corrected chi connectivity index (χ2v) is 19.4. The standard InChI is InChI=1S/3C17H17F2N7O2/c3*1-25-8-10(16(24-25)28-2)15(27)22-13-5-3-4-11(21-13)14-23-20-9-26(14)12-6-7-17(12,18)19/h3*3-5,8-9,12H,6-7H2,1-2H3,(H,21,22,27)/t2*12-;/m10./s1. The number of pyridine rings is 3. The summed E-state index contributed by atoms with van der Waals surface area (Å²) in [5.74, 6) is -7.81. The Morgan fingerprint density at radius 1 is 0.464 bits per heavy atom. The summed E-state index contributed by atoms with van der Waals surface area (Å²) in [5, 5.41) is 43.1. The minimum atomic E-state index is -2.79. The molecule has 9 aromatic rings. The Morgan fingerprint density at radius 3 is 0.964 bits per heavy atom. The van der Waals surface area contributed by atoms with E-state index in [2.05, 4.69) is 76.8 Å². The lowest BCUT2D eigenvalue weighted by Gasteiger charge is -2.37. The number of anilines is 3. The summed E-state index contributed by atoms with van der Waals surface area (Å²) >= 11 is 0. The third-order valence-corrected chi connectivity index (χ3v) is 13.8. The van der Waals surface area contributed by atoms with Crippen molar-refractivity contribution >= 4 is 35.2 Å². The fraction of sp³-hybridized carbons (Fsp3) is 0.353. The quantitative estimate of drug-likeness (QED) is 0.0878. The number of methoxy groups -OCH3 is 3. The van der Waals surface area contributed by atoms with E-state index in [9.17, 15) is 40.7 Å². The number of amides is 3. The van der Waals surface area contributed by atoms with E-state index >= 15 is 0 Å². The highest BCUT2D eigenvalue weighted by Gasteiger charge is 2.52. The van der Waals surface area contributed by atoms with Gasteiger partial charge in [-0.3, -0.25) is 28.4 Å². The molecule has 3 aliphatic carbocycles. The Balaban J connectivity index is 0.000000140. The van der Waals surface area contributed by atoms with Crippen LogP contribution in [0.3, 0.4) is 0 Å². The molecule has 0 spiro atoms. The Kier molecular flexibility index (Phi) is 15.7. The van der Waals surface area contributed by atoms with Gasteiger partial charge in [-0.25, -0.2) is 41.3 Å². The number of hydrogen-bond acceptors (Lipinski definition) is 18. The summed E-state index contributed by atoms with van der Waals surface area (Å²) in [6.07, 6.45) is 8.94. The van der Waals surface area contributed by atoms with Crippen molar-refractivity contribution in [1.82, 2.24) is 88.6 Å². The first-order valence-corrected chi connectivity index (χ1v) is 25.6. The first-order valence-electron chi connectivity index (χ1n) is 25.6. The smallest absolute Gasteiger partial charge is 0.268 e. The highest BCUT2D eigenvalue weighted by Crippen LogP contribution is 2.50. The second kappa shape index (κ2) is 23.0. The number of aryl methyl sites for hydroxylation is 3. The molecule has 0 radical (unpaired) electrons. The van der Waals surface area contributed by atoms with Crippen molar-refractivity contribution in [2.24, 2.45) is 21.1 Å². The van der Waals surface area contributed by atoms with Gasteiger partial charge in [-0.1, -0.05) is 18.2 Å². The molecule has 27 nitrogen and oxygen atoms in total. The molecule has 3 fully saturated rings. The van der Waals surface area contributed by atoms with E-state index < -0.39 is 53.6 Å². The van der Waals surface area contributed by atoms with Crippen LogP contribution in [0.2, 0.25) is 0 Å². The molecule has 0 saturated heterocycles. The average Bonchev–Trinajstić information content (AvgIpc) is 3.66. The van der Waals surface area contributed by atoms with Gasteiger partial charge in [-0.05, 0) is 55.7 Å². The van der Waals surface area contributed by atoms with E-state index in [4.69, 9.17) is 14.2 Å². The molecular weight excluding hydrogens is 1120 g/mol. The fourth-order valence-electron chi connectivity index (χ4n) is 9.23. The summed E-state index contributed by atoms with van der Waals surface area (Å²) < 4.78 is 106. The number of rotatable bonds is 15. The number of aromatic nitrogens is 18. The lowest BCUT2D eigenvalue weighted by molar-refractivity contribution is -0.122. The molecule has 3 amide bonds. The van der Waals surface area contributed by atoms with Gasteiger partial charge in [0, 0.05) is 59.0 Å². The minimum Gasteiger partial charge on any atom is -0.479 e. The van der Waals surface area contributed by atoms with Crippen LogP contribution in [-0.4, -0.2) is 145 Å². The molecule has 3 aliphatic rings. The molecule has 3 atom stereocenters. The molecule has 0 bridgehead atoms. The van der Waals surface area contributed by atoms with Crippen LogP contribution in [0.4, 0.5) is 43.8 Å². The van der Waals surface area contributed by atoms with Crippen molar-refractivity contribution in [2.45, 2.75) is 74.4 Å². The van der Waals surface area contributed by atoms with Crippen molar-refractivity contribution in [3.05, 3.63) is 109 Å². The van der Waals surface area contributed by atoms with Gasteiger partial charge in [0.15, 0.2) is 17.5 Å². The average molecular weight is 1170 g/mol. The van der Waals surface area contributed by atoms with Crippen LogP contribution in [0.15, 0.2) is 92.2 Å². The highest BCUT2D eigenvalue weighted by atomic mass is 19.3. The van der Waals surface area contributed by atoms with Crippen LogP contribution in [0.25, 0.3) is 34.6 Å². The largest absolute Gasteiger partial charge is 0.479 e. The third kappa shape index (κ3) is 11.7. The van der Waals surface area contributed by atoms with Crippen LogP contribution < -0.4 is 30.2 Å². The maximum absolute atomic E-state index is 13.8. The van der Waals surface area contributed by atoms with Crippen molar-refractivity contribution < 1.29 is 54.9 Å². The van der Waals surface area contributed by atoms with Gasteiger partial charge in [-0.15, -0.1) is 45.9 Å². The van der Waals surface area contributed by atoms with E-state index in [1.165, 1.54) is 86.6 Å². The van der Waals surface area contributed by atoms with Gasteiger partial charge in [0.05, 0.1) is 21.3 Å². The second-order valence-electron chi connectivity index (χ2n) is 19.4. The molecule has 0 aliphatic heterocycles. The fourth-order valence-corrected chi connectivity index (χ4v) is 9.23. The summed E-state index contributed by atoms with van der Waals surface area (Å²) in [7, 11) is 9.26. The van der Waals surface area contributed by atoms with Crippen molar-refractivity contribution in [3.63, 3.8) is 0 Å². The van der Waals surface area contributed by atoms with Gasteiger partial charge in [0.2, 0.25) is 17.6 Å². The number of ether oxygens (including phenoxy) is 3. The van der Waals surface area contributed by atoms with Gasteiger partial charge < -0.3 is 43.9 Å². The van der Waals surface area contributed by atoms with Crippen molar-refractivity contribution in [2.75, 3.05) is 37.3 Å². The van der Waals surface area contributed by atoms with E-state index in [1.807, 2.05) is 0 Å². The number of nitrogens with zero attached hydrogens (tertiary/aromatic N) is 18. The summed E-state index contributed by atoms with van der Waals surface area (Å²) in [6.45, 7) is 0. The summed E-state index contributed by atoms with van der Waals surface area (Å²) in [6, 6.07) is 11.6. The molecule has 9 heterocycles. The van der Waals surface area contributed by atoms with E-state index in [0.29, 0.717) is 36.3 Å². The van der Waals surface area contributed by atoms with Crippen LogP contribution in [0.5, 0.6) is 17.6 Å². The van der Waals surface area contributed by atoms with Crippen LogP contribution >= 0.6 is 0 Å². The third-order valence-electron chi connectivity index (χ3n) is 13.8. The maximum Gasteiger partial charge on any atom is 0.268 e. The molecule has 3 saturated carbocycles. The predicted octanol–water partition coefficient (Wildman–Crippen LogP) is 6.91. The summed E-state index contributed by atoms with van der Waals surface area (Å²) in [5.41, 5.74) is 1.72. The van der Waals surface area contributed by atoms with Crippen LogP contribution in [0.1, 0.15) is 87.7 Å². The zero-order valence-electron chi connectivity index (χ0n) is 45.4. The highest BCUT2D eigenvalue weighted by molar-refractivity contribution is 6.06. The molecule has 33 heteroatoms. The molecule has 0 aromatic carbocycles. The predicted molar refractivity (Wildman–Crippen MR) is 283 cm³/mol. The van der Waals surface area contributed by atoms with Gasteiger partial charge >= 0.3 is 0 Å². The number of nitrogens with one attached hydrogen (secondary N) is 3. The first-order chi connectivity index (χ1) is 40.2. The van der Waals surface area contributed by atoms with E-state index in [1.54, 1.807) is 75.7 Å². The number of carbonyl (C=O) groups is 3. The monoisotopic (exact) mass is 1170 g/mol. The van der Waals surface area contributed by atoms with Crippen molar-refractivity contribution in [3.8, 4) is 52.2 Å². The topological polar surface area (TPSA) is 299 Å². The SMILES string of the molecule is COc1nn(C)cc1C(=O)Nc1cccc(-c2nncn2C2CCC2(F)F)n1.COc1nn(C)cc1C(=O)Nc1cccc(-c2nncn2[C@@H]2CCC2(F)F)n1.COc1nn(C)cc1C(=O)Nc1cccc(-c2nncn2[C@H]2CCC2(F)F)n1. The van der Waals surface area contributed by atoms with Gasteiger partial charge in [0.1, 0.15) is 88.3 Å². The molecule has 84 heavy (non-hydrogen) atoms. The zero-order valence-corrected chi connectivity index (χ0v) is 45.4.